The summed E-state index contributed by atoms with van der Waals surface area (Å²) in [7, 11) is 0.0919. The van der Waals surface area contributed by atoms with E-state index in [1.54, 1.807) is 27.9 Å². The van der Waals surface area contributed by atoms with Gasteiger partial charge in [-0.15, -0.1) is 11.3 Å². The summed E-state index contributed by atoms with van der Waals surface area (Å²) in [6.07, 6.45) is -0.501. The molecule has 2 N–H and O–H groups in total. The van der Waals surface area contributed by atoms with Crippen molar-refractivity contribution >= 4 is 50.4 Å². The average Bonchev–Trinajstić information content (AvgIpc) is 3.34. The summed E-state index contributed by atoms with van der Waals surface area (Å²) in [4.78, 5) is 52.1. The van der Waals surface area contributed by atoms with Gasteiger partial charge < -0.3 is 19.5 Å². The van der Waals surface area contributed by atoms with Crippen molar-refractivity contribution < 1.29 is 37.0 Å². The van der Waals surface area contributed by atoms with Crippen LogP contribution < -0.4 is 19.5 Å². The Morgan fingerprint density at radius 1 is 1.16 bits per heavy atom. The van der Waals surface area contributed by atoms with Crippen LogP contribution in [0.5, 0.6) is 11.5 Å². The topological polar surface area (TPSA) is 169 Å². The summed E-state index contributed by atoms with van der Waals surface area (Å²) in [6.45, 7) is 13.1. The molecule has 14 nitrogen and oxygen atoms in total. The van der Waals surface area contributed by atoms with Crippen LogP contribution in [0.15, 0.2) is 23.6 Å². The molecule has 3 heterocycles. The lowest BCUT2D eigenvalue weighted by atomic mass is 10.1. The van der Waals surface area contributed by atoms with E-state index in [1.807, 2.05) is 37.4 Å². The number of thiazole rings is 1. The van der Waals surface area contributed by atoms with Crippen molar-refractivity contribution in [3.05, 3.63) is 34.8 Å². The molecule has 2 fully saturated rings. The maximum Gasteiger partial charge on any atom is 0.411 e. The molecule has 0 spiro atoms. The number of likely N-dealkylation sites (tertiary alicyclic amines) is 1. The molecule has 278 valence electrons. The molecule has 2 aliphatic rings. The molecule has 3 aromatic rings. The fourth-order valence-electron chi connectivity index (χ4n) is 6.22. The van der Waals surface area contributed by atoms with Crippen LogP contribution in [0.2, 0.25) is 0 Å². The monoisotopic (exact) mass is 744 g/mol. The van der Waals surface area contributed by atoms with Crippen LogP contribution in [-0.2, 0) is 24.5 Å². The van der Waals surface area contributed by atoms with Crippen molar-refractivity contribution in [2.24, 2.45) is 5.92 Å². The van der Waals surface area contributed by atoms with Crippen LogP contribution in [0.4, 0.5) is 4.79 Å². The fourth-order valence-corrected chi connectivity index (χ4v) is 7.76. The molecule has 1 aromatic carbocycles. The van der Waals surface area contributed by atoms with Gasteiger partial charge in [0.15, 0.2) is 0 Å². The maximum atomic E-state index is 14.1. The van der Waals surface area contributed by atoms with E-state index < -0.39 is 51.4 Å². The van der Waals surface area contributed by atoms with Gasteiger partial charge >= 0.3 is 16.3 Å². The number of nitrogens with zero attached hydrogens (tertiary/aromatic N) is 4. The predicted octanol–water partition coefficient (Wildman–Crippen LogP) is 4.76. The number of nitrogens with one attached hydrogen (secondary N) is 2. The molecular formula is C35H48N6O8S2. The number of carbonyl (C=O) groups is 3. The Kier molecular flexibility index (Phi) is 10.6. The summed E-state index contributed by atoms with van der Waals surface area (Å²) in [5, 5.41) is 6.28. The van der Waals surface area contributed by atoms with E-state index in [0.717, 1.165) is 26.0 Å². The minimum Gasteiger partial charge on any atom is -0.496 e. The minimum absolute atomic E-state index is 0.0153. The van der Waals surface area contributed by atoms with Gasteiger partial charge in [0, 0.05) is 42.9 Å². The number of ether oxygens (including phenoxy) is 3. The van der Waals surface area contributed by atoms with E-state index in [2.05, 4.69) is 23.9 Å². The molecule has 2 aromatic heterocycles. The number of amides is 3. The van der Waals surface area contributed by atoms with E-state index in [9.17, 15) is 22.8 Å². The van der Waals surface area contributed by atoms with Gasteiger partial charge in [0.05, 0.1) is 24.9 Å². The first-order chi connectivity index (χ1) is 23.8. The molecule has 0 radical (unpaired) electrons. The van der Waals surface area contributed by atoms with Crippen molar-refractivity contribution in [3.63, 3.8) is 0 Å². The highest BCUT2D eigenvalue weighted by atomic mass is 32.2. The van der Waals surface area contributed by atoms with Gasteiger partial charge in [-0.2, -0.15) is 12.7 Å². The molecular weight excluding hydrogens is 697 g/mol. The van der Waals surface area contributed by atoms with E-state index in [4.69, 9.17) is 24.2 Å². The normalized spacial score (nSPS) is 22.0. The highest BCUT2D eigenvalue weighted by molar-refractivity contribution is 7.87. The molecule has 16 heteroatoms. The molecule has 1 saturated heterocycles. The fraction of sp³-hybridized carbons (Fsp3) is 0.571. The standard InChI is InChI=1S/C35H48N6O8S2/c1-11-21-16-35(21,32(43)39-51(45,46)40(8)9)38-30(42)26-14-22(17-41(26)33(44)49-34(5,6)7)48-28-15-24(31-37-25(18-50-31)19(2)3)36-29-20(4)27(47-10)13-12-23(28)29/h12-13,15,18-19,21-22,26H,11,14,16-17H2,1-10H3,(H,38,42)(H,39,43)/t21-,22-,26+,35-/m1/s1. The number of aromatic nitrogens is 2. The minimum atomic E-state index is -4.11. The predicted molar refractivity (Wildman–Crippen MR) is 194 cm³/mol. The Hall–Kier alpha value is -4.02. The number of pyridine rings is 1. The van der Waals surface area contributed by atoms with Gasteiger partial charge in [-0.25, -0.2) is 19.5 Å². The Balaban J connectivity index is 1.48. The second-order valence-electron chi connectivity index (χ2n) is 14.6. The number of rotatable bonds is 11. The molecule has 1 aliphatic carbocycles. The van der Waals surface area contributed by atoms with Gasteiger partial charge in [0.2, 0.25) is 5.91 Å². The van der Waals surface area contributed by atoms with Gasteiger partial charge in [0.25, 0.3) is 5.91 Å². The Bertz CT molecular complexity index is 1940. The summed E-state index contributed by atoms with van der Waals surface area (Å²) < 4.78 is 45.9. The number of hydrogen-bond donors (Lipinski definition) is 2. The highest BCUT2D eigenvalue weighted by Gasteiger charge is 2.62. The molecule has 3 amide bonds. The van der Waals surface area contributed by atoms with Crippen molar-refractivity contribution in [1.82, 2.24) is 29.2 Å². The first-order valence-electron chi connectivity index (χ1n) is 17.0. The Morgan fingerprint density at radius 2 is 1.86 bits per heavy atom. The van der Waals surface area contributed by atoms with E-state index in [0.29, 0.717) is 29.1 Å². The summed E-state index contributed by atoms with van der Waals surface area (Å²) >= 11 is 1.49. The summed E-state index contributed by atoms with van der Waals surface area (Å²) in [6, 6.07) is 4.45. The lowest BCUT2D eigenvalue weighted by Gasteiger charge is -2.29. The van der Waals surface area contributed by atoms with E-state index >= 15 is 0 Å². The van der Waals surface area contributed by atoms with Crippen LogP contribution in [0.3, 0.4) is 0 Å². The zero-order valence-electron chi connectivity index (χ0n) is 30.8. The zero-order chi connectivity index (χ0) is 37.6. The quantitative estimate of drug-likeness (QED) is 0.279. The van der Waals surface area contributed by atoms with Crippen LogP contribution >= 0.6 is 11.3 Å². The van der Waals surface area contributed by atoms with Crippen molar-refractivity contribution in [3.8, 4) is 22.2 Å². The van der Waals surface area contributed by atoms with E-state index in [-0.39, 0.29) is 31.2 Å². The van der Waals surface area contributed by atoms with Gasteiger partial charge in [0.1, 0.15) is 45.5 Å². The van der Waals surface area contributed by atoms with Gasteiger partial charge in [-0.05, 0) is 58.1 Å². The number of methoxy groups -OCH3 is 1. The zero-order valence-corrected chi connectivity index (χ0v) is 32.5. The van der Waals surface area contributed by atoms with Crippen molar-refractivity contribution in [2.45, 2.75) is 96.9 Å². The Morgan fingerprint density at radius 3 is 2.43 bits per heavy atom. The second kappa shape index (κ2) is 14.2. The largest absolute Gasteiger partial charge is 0.496 e. The number of aryl methyl sites for hydroxylation is 1. The van der Waals surface area contributed by atoms with Crippen LogP contribution in [0, 0.1) is 12.8 Å². The third kappa shape index (κ3) is 7.92. The number of fused-ring (bicyclic) bond motifs is 1. The molecule has 0 bridgehead atoms. The molecule has 1 saturated carbocycles. The maximum absolute atomic E-state index is 14.1. The third-order valence-electron chi connectivity index (χ3n) is 9.24. The third-order valence-corrected chi connectivity index (χ3v) is 11.5. The van der Waals surface area contributed by atoms with Crippen molar-refractivity contribution in [1.29, 1.82) is 0 Å². The lowest BCUT2D eigenvalue weighted by Crippen LogP contribution is -2.57. The second-order valence-corrected chi connectivity index (χ2v) is 17.4. The summed E-state index contributed by atoms with van der Waals surface area (Å²) in [5.74, 6) is -0.322. The number of hydrogen-bond acceptors (Lipinski definition) is 11. The average molecular weight is 745 g/mol. The van der Waals surface area contributed by atoms with Gasteiger partial charge in [-0.3, -0.25) is 14.5 Å². The van der Waals surface area contributed by atoms with Crippen LogP contribution in [-0.4, -0.2) is 96.5 Å². The lowest BCUT2D eigenvalue weighted by molar-refractivity contribution is -0.132. The molecule has 0 unspecified atom stereocenters. The Labute approximate surface area is 303 Å². The molecule has 51 heavy (non-hydrogen) atoms. The molecule has 4 atom stereocenters. The number of benzene rings is 1. The first kappa shape index (κ1) is 38.2. The molecule has 5 rings (SSSR count). The van der Waals surface area contributed by atoms with Gasteiger partial charge in [-0.1, -0.05) is 27.2 Å². The first-order valence-corrected chi connectivity index (χ1v) is 19.3. The van der Waals surface area contributed by atoms with Crippen LogP contribution in [0.25, 0.3) is 21.6 Å². The van der Waals surface area contributed by atoms with Crippen molar-refractivity contribution in [2.75, 3.05) is 27.7 Å². The van der Waals surface area contributed by atoms with Crippen LogP contribution in [0.1, 0.15) is 78.0 Å². The van der Waals surface area contributed by atoms with E-state index in [1.165, 1.54) is 30.3 Å². The highest BCUT2D eigenvalue weighted by Crippen LogP contribution is 2.47. The summed E-state index contributed by atoms with van der Waals surface area (Å²) in [5.41, 5.74) is 0.754. The smallest absolute Gasteiger partial charge is 0.411 e. The SMILES string of the molecule is CC[C@@H]1C[C@]1(NC(=O)[C@@H]1C[C@@H](Oc2cc(-c3nc(C(C)C)cs3)nc3c(C)c(OC)ccc23)CN1C(=O)OC(C)(C)C)C(=O)NS(=O)(=O)N(C)C. The molecule has 1 aliphatic heterocycles. The number of carbonyl (C=O) groups excluding carboxylic acids is 3.